The second-order valence-electron chi connectivity index (χ2n) is 5.45. The fraction of sp³-hybridized carbons (Fsp3) is 0.500. The molecule has 0 atom stereocenters. The molecule has 1 amide bonds. The predicted octanol–water partition coefficient (Wildman–Crippen LogP) is 3.20. The minimum Gasteiger partial charge on any atom is -0.455 e. The lowest BCUT2D eigenvalue weighted by atomic mass is 9.89. The first-order chi connectivity index (χ1) is 10.1. The SMILES string of the molecule is Cc1ccc(NC(=O)COC(=O)C2CCCCC2)cc1F. The van der Waals surface area contributed by atoms with Gasteiger partial charge in [0.2, 0.25) is 0 Å². The van der Waals surface area contributed by atoms with E-state index in [1.165, 1.54) is 6.07 Å². The van der Waals surface area contributed by atoms with E-state index in [1.807, 2.05) is 0 Å². The van der Waals surface area contributed by atoms with Crippen molar-refractivity contribution in [3.8, 4) is 0 Å². The zero-order chi connectivity index (χ0) is 15.2. The number of amides is 1. The quantitative estimate of drug-likeness (QED) is 0.867. The van der Waals surface area contributed by atoms with Crippen molar-refractivity contribution in [2.24, 2.45) is 5.92 Å². The molecule has 1 fully saturated rings. The smallest absolute Gasteiger partial charge is 0.309 e. The van der Waals surface area contributed by atoms with Crippen LogP contribution >= 0.6 is 0 Å². The zero-order valence-corrected chi connectivity index (χ0v) is 12.2. The zero-order valence-electron chi connectivity index (χ0n) is 12.2. The molecule has 0 spiro atoms. The van der Waals surface area contributed by atoms with E-state index in [2.05, 4.69) is 5.32 Å². The average molecular weight is 293 g/mol. The van der Waals surface area contributed by atoms with Crippen LogP contribution in [0.5, 0.6) is 0 Å². The van der Waals surface area contributed by atoms with E-state index >= 15 is 0 Å². The Hall–Kier alpha value is -1.91. The first-order valence-electron chi connectivity index (χ1n) is 7.29. The fourth-order valence-electron chi connectivity index (χ4n) is 2.46. The van der Waals surface area contributed by atoms with Gasteiger partial charge in [-0.3, -0.25) is 9.59 Å². The van der Waals surface area contributed by atoms with Gasteiger partial charge < -0.3 is 10.1 Å². The maximum Gasteiger partial charge on any atom is 0.309 e. The van der Waals surface area contributed by atoms with Crippen molar-refractivity contribution < 1.29 is 18.7 Å². The molecule has 0 heterocycles. The number of hydrogen-bond acceptors (Lipinski definition) is 3. The Kier molecular flexibility index (Phi) is 5.31. The summed E-state index contributed by atoms with van der Waals surface area (Å²) in [5, 5.41) is 2.51. The van der Waals surface area contributed by atoms with Gasteiger partial charge in [0.25, 0.3) is 5.91 Å². The molecule has 21 heavy (non-hydrogen) atoms. The molecule has 0 radical (unpaired) electrons. The lowest BCUT2D eigenvalue weighted by molar-refractivity contribution is -0.152. The van der Waals surface area contributed by atoms with Gasteiger partial charge in [0.05, 0.1) is 5.92 Å². The second kappa shape index (κ2) is 7.20. The number of hydrogen-bond donors (Lipinski definition) is 1. The van der Waals surface area contributed by atoms with Gasteiger partial charge in [-0.15, -0.1) is 0 Å². The van der Waals surface area contributed by atoms with Crippen molar-refractivity contribution in [3.05, 3.63) is 29.6 Å². The Morgan fingerprint density at radius 2 is 2.00 bits per heavy atom. The van der Waals surface area contributed by atoms with Crippen molar-refractivity contribution in [1.82, 2.24) is 0 Å². The Labute approximate surface area is 123 Å². The average Bonchev–Trinajstić information content (AvgIpc) is 2.49. The summed E-state index contributed by atoms with van der Waals surface area (Å²) in [6.45, 7) is 1.32. The van der Waals surface area contributed by atoms with Crippen molar-refractivity contribution in [3.63, 3.8) is 0 Å². The van der Waals surface area contributed by atoms with Gasteiger partial charge in [-0.05, 0) is 37.5 Å². The molecule has 1 aliphatic rings. The summed E-state index contributed by atoms with van der Waals surface area (Å²) in [6.07, 6.45) is 4.90. The monoisotopic (exact) mass is 293 g/mol. The lowest BCUT2D eigenvalue weighted by Crippen LogP contribution is -2.26. The summed E-state index contributed by atoms with van der Waals surface area (Å²) in [5.41, 5.74) is 0.869. The van der Waals surface area contributed by atoms with Gasteiger partial charge in [-0.1, -0.05) is 25.3 Å². The normalized spacial score (nSPS) is 15.5. The summed E-state index contributed by atoms with van der Waals surface area (Å²) in [6, 6.07) is 4.44. The van der Waals surface area contributed by atoms with E-state index < -0.39 is 5.91 Å². The molecule has 1 aliphatic carbocycles. The number of ether oxygens (including phenoxy) is 1. The third-order valence-corrected chi connectivity index (χ3v) is 3.74. The van der Waals surface area contributed by atoms with Crippen LogP contribution in [0.2, 0.25) is 0 Å². The molecule has 5 heteroatoms. The van der Waals surface area contributed by atoms with E-state index in [0.717, 1.165) is 32.1 Å². The topological polar surface area (TPSA) is 55.4 Å². The van der Waals surface area contributed by atoms with Gasteiger partial charge in [0.15, 0.2) is 6.61 Å². The van der Waals surface area contributed by atoms with Crippen LogP contribution in [0.15, 0.2) is 18.2 Å². The van der Waals surface area contributed by atoms with Crippen LogP contribution in [-0.4, -0.2) is 18.5 Å². The fourth-order valence-corrected chi connectivity index (χ4v) is 2.46. The summed E-state index contributed by atoms with van der Waals surface area (Å²) in [5.74, 6) is -1.22. The van der Waals surface area contributed by atoms with E-state index in [-0.39, 0.29) is 24.3 Å². The highest BCUT2D eigenvalue weighted by atomic mass is 19.1. The van der Waals surface area contributed by atoms with Crippen LogP contribution in [0.1, 0.15) is 37.7 Å². The van der Waals surface area contributed by atoms with Crippen LogP contribution in [0.3, 0.4) is 0 Å². The number of nitrogens with one attached hydrogen (secondary N) is 1. The first kappa shape index (κ1) is 15.5. The molecule has 1 N–H and O–H groups in total. The minimum absolute atomic E-state index is 0.0802. The first-order valence-corrected chi connectivity index (χ1v) is 7.29. The minimum atomic E-state index is -0.456. The summed E-state index contributed by atoms with van der Waals surface area (Å²) < 4.78 is 18.4. The van der Waals surface area contributed by atoms with Gasteiger partial charge in [0.1, 0.15) is 5.82 Å². The predicted molar refractivity (Wildman–Crippen MR) is 77.3 cm³/mol. The highest BCUT2D eigenvalue weighted by Crippen LogP contribution is 2.24. The van der Waals surface area contributed by atoms with Gasteiger partial charge >= 0.3 is 5.97 Å². The van der Waals surface area contributed by atoms with Gasteiger partial charge in [-0.25, -0.2) is 4.39 Å². The molecule has 4 nitrogen and oxygen atoms in total. The van der Waals surface area contributed by atoms with Crippen LogP contribution in [-0.2, 0) is 14.3 Å². The highest BCUT2D eigenvalue weighted by molar-refractivity contribution is 5.92. The number of halogens is 1. The molecule has 0 aromatic heterocycles. The number of aryl methyl sites for hydroxylation is 1. The summed E-state index contributed by atoms with van der Waals surface area (Å²) in [7, 11) is 0. The molecular weight excluding hydrogens is 273 g/mol. The molecule has 1 saturated carbocycles. The maximum absolute atomic E-state index is 13.3. The number of rotatable bonds is 4. The van der Waals surface area contributed by atoms with Crippen molar-refractivity contribution >= 4 is 17.6 Å². The number of esters is 1. The summed E-state index contributed by atoms with van der Waals surface area (Å²) >= 11 is 0. The molecular formula is C16H20FNO3. The highest BCUT2D eigenvalue weighted by Gasteiger charge is 2.23. The molecule has 2 rings (SSSR count). The van der Waals surface area contributed by atoms with Crippen LogP contribution in [0.4, 0.5) is 10.1 Å². The number of carbonyl (C=O) groups excluding carboxylic acids is 2. The number of anilines is 1. The van der Waals surface area contributed by atoms with E-state index in [9.17, 15) is 14.0 Å². The van der Waals surface area contributed by atoms with Gasteiger partial charge in [-0.2, -0.15) is 0 Å². The number of benzene rings is 1. The lowest BCUT2D eigenvalue weighted by Gasteiger charge is -2.19. The maximum atomic E-state index is 13.3. The summed E-state index contributed by atoms with van der Waals surface area (Å²) in [4.78, 5) is 23.5. The molecule has 1 aromatic rings. The van der Waals surface area contributed by atoms with E-state index in [1.54, 1.807) is 19.1 Å². The van der Waals surface area contributed by atoms with E-state index in [4.69, 9.17) is 4.74 Å². The molecule has 114 valence electrons. The number of carbonyl (C=O) groups is 2. The Bertz CT molecular complexity index is 524. The van der Waals surface area contributed by atoms with Crippen LogP contribution in [0, 0.1) is 18.7 Å². The molecule has 0 saturated heterocycles. The molecule has 0 aliphatic heterocycles. The standard InChI is InChI=1S/C16H20FNO3/c1-11-7-8-13(9-14(11)17)18-15(19)10-21-16(20)12-5-3-2-4-6-12/h7-9,12H,2-6,10H2,1H3,(H,18,19). The van der Waals surface area contributed by atoms with Crippen molar-refractivity contribution in [2.75, 3.05) is 11.9 Å². The Morgan fingerprint density at radius 1 is 1.29 bits per heavy atom. The van der Waals surface area contributed by atoms with E-state index in [0.29, 0.717) is 11.3 Å². The third-order valence-electron chi connectivity index (χ3n) is 3.74. The van der Waals surface area contributed by atoms with Crippen molar-refractivity contribution in [2.45, 2.75) is 39.0 Å². The second-order valence-corrected chi connectivity index (χ2v) is 5.45. The van der Waals surface area contributed by atoms with Crippen LogP contribution < -0.4 is 5.32 Å². The van der Waals surface area contributed by atoms with Crippen LogP contribution in [0.25, 0.3) is 0 Å². The van der Waals surface area contributed by atoms with Gasteiger partial charge in [0, 0.05) is 5.69 Å². The molecule has 0 bridgehead atoms. The molecule has 0 unspecified atom stereocenters. The largest absolute Gasteiger partial charge is 0.455 e. The van der Waals surface area contributed by atoms with Crippen molar-refractivity contribution in [1.29, 1.82) is 0 Å². The third kappa shape index (κ3) is 4.55. The Morgan fingerprint density at radius 3 is 2.67 bits per heavy atom. The Balaban J connectivity index is 1.78. The molecule has 1 aromatic carbocycles.